The van der Waals surface area contributed by atoms with E-state index in [0.717, 1.165) is 19.2 Å². The predicted molar refractivity (Wildman–Crippen MR) is 207 cm³/mol. The number of hydrogen-bond donors (Lipinski definition) is 4. The van der Waals surface area contributed by atoms with Gasteiger partial charge in [-0.2, -0.15) is 32.1 Å². The van der Waals surface area contributed by atoms with E-state index in [1.807, 2.05) is 13.8 Å². The summed E-state index contributed by atoms with van der Waals surface area (Å²) >= 11 is 1.28. The van der Waals surface area contributed by atoms with Crippen LogP contribution >= 0.6 is 11.9 Å². The van der Waals surface area contributed by atoms with E-state index in [-0.39, 0.29) is 17.0 Å². The number of carbonyl (C=O) groups excluding carboxylic acids is 1. The lowest BCUT2D eigenvalue weighted by atomic mass is 9.77. The predicted octanol–water partition coefficient (Wildman–Crippen LogP) is 8.10. The lowest BCUT2D eigenvalue weighted by molar-refractivity contribution is -0.176. The third-order valence-corrected chi connectivity index (χ3v) is 9.88. The summed E-state index contributed by atoms with van der Waals surface area (Å²) in [5.74, 6) is -4.37. The Bertz CT molecular complexity index is 2410. The number of nitrogens with zero attached hydrogens (tertiary/aromatic N) is 5. The van der Waals surface area contributed by atoms with E-state index in [1.165, 1.54) is 24.1 Å². The Morgan fingerprint density at radius 2 is 1.67 bits per heavy atom. The highest BCUT2D eigenvalue weighted by Gasteiger charge is 2.55. The summed E-state index contributed by atoms with van der Waals surface area (Å²) in [6.45, 7) is 2.90. The third-order valence-electron chi connectivity index (χ3n) is 9.48. The molecule has 7 rings (SSSR count). The van der Waals surface area contributed by atoms with E-state index >= 15 is 0 Å². The van der Waals surface area contributed by atoms with Gasteiger partial charge >= 0.3 is 6.18 Å². The fraction of sp³-hybridized carbons (Fsp3) is 0.400. The zero-order chi connectivity index (χ0) is 44.4. The number of nitrogens with one attached hydrogen (secondary N) is 2. The van der Waals surface area contributed by atoms with Crippen LogP contribution < -0.4 is 10.0 Å². The molecular formula is C40H40F9N7O3S. The average Bonchev–Trinajstić information content (AvgIpc) is 3.81. The number of amides is 1. The van der Waals surface area contributed by atoms with Gasteiger partial charge in [-0.3, -0.25) is 14.2 Å². The second-order valence-corrected chi connectivity index (χ2v) is 14.4. The topological polar surface area (TPSA) is 130 Å². The maximum Gasteiger partial charge on any atom is 0.435 e. The van der Waals surface area contributed by atoms with Crippen LogP contribution in [0.5, 0.6) is 0 Å². The molecule has 2 aromatic carbocycles. The third kappa shape index (κ3) is 9.68. The highest BCUT2D eigenvalue weighted by atomic mass is 32.2. The molecule has 3 heterocycles. The molecule has 0 saturated heterocycles. The van der Waals surface area contributed by atoms with Gasteiger partial charge in [0.25, 0.3) is 11.8 Å². The number of anilines is 1. The molecule has 1 saturated carbocycles. The summed E-state index contributed by atoms with van der Waals surface area (Å²) in [6.07, 6.45) is -7.05. The maximum absolute atomic E-state index is 14.9. The van der Waals surface area contributed by atoms with E-state index in [0.29, 0.717) is 38.6 Å². The summed E-state index contributed by atoms with van der Waals surface area (Å²) in [7, 11) is 2.67. The van der Waals surface area contributed by atoms with Gasteiger partial charge in [0.05, 0.1) is 30.1 Å². The van der Waals surface area contributed by atoms with E-state index in [2.05, 4.69) is 37.1 Å². The van der Waals surface area contributed by atoms with Crippen LogP contribution in [0.15, 0.2) is 48.5 Å². The Kier molecular flexibility index (Phi) is 13.6. The second-order valence-electron chi connectivity index (χ2n) is 13.7. The molecule has 1 amide bonds. The molecule has 4 N–H and O–H groups in total. The highest BCUT2D eigenvalue weighted by Crippen LogP contribution is 2.47. The van der Waals surface area contributed by atoms with Crippen molar-refractivity contribution >= 4 is 34.6 Å². The highest BCUT2D eigenvalue weighted by molar-refractivity contribution is 7.99. The molecule has 0 aliphatic heterocycles. The molecule has 1 atom stereocenters. The summed E-state index contributed by atoms with van der Waals surface area (Å²) in [5, 5.41) is 28.7. The minimum atomic E-state index is -5.09. The van der Waals surface area contributed by atoms with E-state index < -0.39 is 103 Å². The number of aryl methyl sites for hydroxylation is 1. The molecular weight excluding hydrogens is 830 g/mol. The van der Waals surface area contributed by atoms with Crippen molar-refractivity contribution in [2.24, 2.45) is 7.05 Å². The van der Waals surface area contributed by atoms with E-state index in [4.69, 9.17) is 5.11 Å². The second kappa shape index (κ2) is 17.8. The van der Waals surface area contributed by atoms with Crippen LogP contribution in [0.3, 0.4) is 0 Å². The van der Waals surface area contributed by atoms with Gasteiger partial charge in [-0.15, -0.1) is 0 Å². The van der Waals surface area contributed by atoms with Gasteiger partial charge in [0, 0.05) is 55.0 Å². The molecule has 2 aliphatic rings. The SMILES string of the molecule is CC.CO.CSNc1nn(C)c2c(-c3ccc(C#CC4(O)CC(F)(F)C4)nc3C(Cc3cc(F)cc(F)c3)NC(=O)Cn3nc(C(F)(F)F)c4c3C(F)(F)CC4)cccc12. The molecule has 322 valence electrons. The number of aliphatic hydroxyl groups excluding tert-OH is 1. The van der Waals surface area contributed by atoms with E-state index in [9.17, 15) is 49.4 Å². The number of fused-ring (bicyclic) bond motifs is 2. The van der Waals surface area contributed by atoms with Gasteiger partial charge in [-0.25, -0.2) is 22.5 Å². The van der Waals surface area contributed by atoms with Crippen LogP contribution in [0.1, 0.15) is 73.1 Å². The fourth-order valence-electron chi connectivity index (χ4n) is 7.28. The van der Waals surface area contributed by atoms with Crippen LogP contribution in [-0.2, 0) is 43.3 Å². The van der Waals surface area contributed by atoms with Gasteiger partial charge in [0.2, 0.25) is 5.91 Å². The van der Waals surface area contributed by atoms with Crippen molar-refractivity contribution in [3.05, 3.63) is 94.1 Å². The first-order valence-corrected chi connectivity index (χ1v) is 19.6. The molecule has 0 radical (unpaired) electrons. The Hall–Kier alpha value is -5.26. The number of pyridine rings is 1. The van der Waals surface area contributed by atoms with Crippen LogP contribution in [0.2, 0.25) is 0 Å². The molecule has 1 unspecified atom stereocenters. The minimum absolute atomic E-state index is 0.000816. The molecule has 60 heavy (non-hydrogen) atoms. The normalized spacial score (nSPS) is 16.2. The van der Waals surface area contributed by atoms with Gasteiger partial charge in [-0.05, 0) is 54.7 Å². The monoisotopic (exact) mass is 869 g/mol. The standard InChI is InChI=1S/C37H30F9N7O2S.C2H6.CH4O/c1-52-30-24(4-3-5-25(30)33(50-52)51-56-2)23-7-6-22(8-10-34(55)17-35(40,41)18-34)47-29(23)27(14-19-12-20(38)15-21(39)13-19)48-28(54)16-53-32-26(9-11-36(32,42)43)31(49-53)37(44,45)46;2*1-2/h3-7,12-13,15,27,55H,9,11,14,16-18H2,1-2H3,(H,48,54)(H,50,51);1-2H3;2H,1H3. The van der Waals surface area contributed by atoms with Crippen LogP contribution in [0, 0.1) is 23.5 Å². The summed E-state index contributed by atoms with van der Waals surface area (Å²) in [5.41, 5.74) is -4.05. The van der Waals surface area contributed by atoms with Gasteiger partial charge in [0.15, 0.2) is 11.5 Å². The molecule has 1 fully saturated rings. The number of aliphatic hydroxyl groups is 2. The van der Waals surface area contributed by atoms with Crippen molar-refractivity contribution in [3.63, 3.8) is 0 Å². The van der Waals surface area contributed by atoms with Gasteiger partial charge < -0.3 is 20.3 Å². The lowest BCUT2D eigenvalue weighted by Gasteiger charge is -2.39. The smallest absolute Gasteiger partial charge is 0.400 e. The zero-order valence-electron chi connectivity index (χ0n) is 32.8. The number of benzene rings is 2. The summed E-state index contributed by atoms with van der Waals surface area (Å²) in [4.78, 5) is 18.4. The van der Waals surface area contributed by atoms with Crippen LogP contribution in [0.25, 0.3) is 22.0 Å². The molecule has 5 aromatic rings. The van der Waals surface area contributed by atoms with Crippen molar-refractivity contribution in [2.75, 3.05) is 18.1 Å². The van der Waals surface area contributed by atoms with Crippen molar-refractivity contribution in [1.29, 1.82) is 0 Å². The zero-order valence-corrected chi connectivity index (χ0v) is 33.6. The van der Waals surface area contributed by atoms with Gasteiger partial charge in [-0.1, -0.05) is 43.8 Å². The van der Waals surface area contributed by atoms with Crippen LogP contribution in [-0.4, -0.2) is 65.6 Å². The number of hydrogen-bond acceptors (Lipinski definition) is 8. The number of para-hydroxylation sites is 1. The summed E-state index contributed by atoms with van der Waals surface area (Å²) in [6, 6.07) is 9.37. The first-order valence-electron chi connectivity index (χ1n) is 18.4. The molecule has 0 bridgehead atoms. The Morgan fingerprint density at radius 3 is 2.28 bits per heavy atom. The van der Waals surface area contributed by atoms with Gasteiger partial charge in [0.1, 0.15) is 35.2 Å². The first-order chi connectivity index (χ1) is 28.3. The first kappa shape index (κ1) is 45.8. The average molecular weight is 870 g/mol. The van der Waals surface area contributed by atoms with Crippen molar-refractivity contribution in [2.45, 2.75) is 82.2 Å². The number of rotatable bonds is 9. The lowest BCUT2D eigenvalue weighted by Crippen LogP contribution is -2.50. The fourth-order valence-corrected chi connectivity index (χ4v) is 7.63. The molecule has 20 heteroatoms. The maximum atomic E-state index is 14.9. The number of alkyl halides is 7. The van der Waals surface area contributed by atoms with Crippen molar-refractivity contribution in [1.82, 2.24) is 29.9 Å². The Balaban J connectivity index is 0.00000166. The minimum Gasteiger partial charge on any atom is -0.400 e. The number of carbonyl (C=O) groups is 1. The van der Waals surface area contributed by atoms with Crippen molar-refractivity contribution in [3.8, 4) is 23.0 Å². The summed E-state index contributed by atoms with van der Waals surface area (Å²) < 4.78 is 133. The number of halogens is 9. The van der Waals surface area contributed by atoms with E-state index in [1.54, 1.807) is 36.2 Å². The quantitative estimate of drug-likeness (QED) is 0.0665. The van der Waals surface area contributed by atoms with Crippen molar-refractivity contribution < 1.29 is 54.5 Å². The number of aromatic nitrogens is 5. The van der Waals surface area contributed by atoms with Crippen LogP contribution in [0.4, 0.5) is 45.3 Å². The molecule has 10 nitrogen and oxygen atoms in total. The Labute approximate surface area is 342 Å². The molecule has 3 aromatic heterocycles. The Morgan fingerprint density at radius 1 is 1.00 bits per heavy atom. The largest absolute Gasteiger partial charge is 0.435 e. The molecule has 0 spiro atoms. The molecule has 2 aliphatic carbocycles.